The van der Waals surface area contributed by atoms with Crippen molar-refractivity contribution in [3.05, 3.63) is 12.1 Å². The van der Waals surface area contributed by atoms with Crippen molar-refractivity contribution >= 4 is 11.5 Å². The smallest absolute Gasteiger partial charge is 0.239 e. The average Bonchev–Trinajstić information content (AvgIpc) is 2.32. The van der Waals surface area contributed by atoms with Crippen LogP contribution in [0.3, 0.4) is 0 Å². The van der Waals surface area contributed by atoms with Gasteiger partial charge in [-0.2, -0.15) is 4.98 Å². The van der Waals surface area contributed by atoms with Gasteiger partial charge in [0.1, 0.15) is 5.82 Å². The molecule has 0 aliphatic carbocycles. The number of nitrogen functional groups attached to an aromatic ring is 1. The number of ether oxygens (including phenoxy) is 1. The van der Waals surface area contributed by atoms with Crippen LogP contribution in [0, 0.1) is 5.92 Å². The Morgan fingerprint density at radius 3 is 2.72 bits per heavy atom. The number of hydrogen-bond donors (Lipinski definition) is 3. The highest BCUT2D eigenvalue weighted by Crippen LogP contribution is 2.21. The molecule has 5 nitrogen and oxygen atoms in total. The zero-order valence-corrected chi connectivity index (χ0v) is 11.3. The SMILES string of the molecule is CCOc1nc(NC(CO)CC(C)C)ccc1N. The van der Waals surface area contributed by atoms with E-state index in [9.17, 15) is 5.11 Å². The van der Waals surface area contributed by atoms with E-state index >= 15 is 0 Å². The summed E-state index contributed by atoms with van der Waals surface area (Å²) in [5, 5.41) is 12.5. The van der Waals surface area contributed by atoms with Gasteiger partial charge in [0.15, 0.2) is 0 Å². The first-order valence-corrected chi connectivity index (χ1v) is 6.33. The van der Waals surface area contributed by atoms with Gasteiger partial charge in [-0.05, 0) is 31.4 Å². The highest BCUT2D eigenvalue weighted by Gasteiger charge is 2.11. The molecule has 102 valence electrons. The third-order valence-electron chi connectivity index (χ3n) is 2.50. The van der Waals surface area contributed by atoms with Gasteiger partial charge in [-0.1, -0.05) is 13.8 Å². The predicted molar refractivity (Wildman–Crippen MR) is 73.8 cm³/mol. The van der Waals surface area contributed by atoms with Crippen LogP contribution in [0.2, 0.25) is 0 Å². The van der Waals surface area contributed by atoms with E-state index in [1.54, 1.807) is 12.1 Å². The lowest BCUT2D eigenvalue weighted by Crippen LogP contribution is -2.26. The summed E-state index contributed by atoms with van der Waals surface area (Å²) in [6, 6.07) is 3.54. The van der Waals surface area contributed by atoms with E-state index in [4.69, 9.17) is 10.5 Å². The second-order valence-corrected chi connectivity index (χ2v) is 4.68. The van der Waals surface area contributed by atoms with Crippen molar-refractivity contribution < 1.29 is 9.84 Å². The minimum atomic E-state index is -0.00407. The Kier molecular flexibility index (Phi) is 5.71. The number of nitrogens with two attached hydrogens (primary N) is 1. The zero-order chi connectivity index (χ0) is 13.5. The third kappa shape index (κ3) is 4.41. The number of aromatic nitrogens is 1. The van der Waals surface area contributed by atoms with Gasteiger partial charge in [0, 0.05) is 0 Å². The van der Waals surface area contributed by atoms with Crippen molar-refractivity contribution in [3.8, 4) is 5.88 Å². The van der Waals surface area contributed by atoms with Gasteiger partial charge in [0.2, 0.25) is 5.88 Å². The monoisotopic (exact) mass is 253 g/mol. The van der Waals surface area contributed by atoms with Crippen LogP contribution < -0.4 is 15.8 Å². The molecule has 1 atom stereocenters. The van der Waals surface area contributed by atoms with Crippen LogP contribution >= 0.6 is 0 Å². The molecule has 1 unspecified atom stereocenters. The van der Waals surface area contributed by atoms with Gasteiger partial charge in [-0.25, -0.2) is 0 Å². The van der Waals surface area contributed by atoms with Crippen LogP contribution in [0.1, 0.15) is 27.2 Å². The maximum atomic E-state index is 9.32. The molecule has 1 rings (SSSR count). The number of aliphatic hydroxyl groups excluding tert-OH is 1. The van der Waals surface area contributed by atoms with E-state index in [1.165, 1.54) is 0 Å². The Hall–Kier alpha value is -1.49. The lowest BCUT2D eigenvalue weighted by molar-refractivity contribution is 0.259. The molecular formula is C13H23N3O2. The van der Waals surface area contributed by atoms with Gasteiger partial charge in [0.25, 0.3) is 0 Å². The molecule has 0 radical (unpaired) electrons. The van der Waals surface area contributed by atoms with Crippen molar-refractivity contribution in [2.75, 3.05) is 24.3 Å². The molecule has 0 aliphatic rings. The number of nitrogens with zero attached hydrogens (tertiary/aromatic N) is 1. The van der Waals surface area contributed by atoms with Gasteiger partial charge >= 0.3 is 0 Å². The highest BCUT2D eigenvalue weighted by molar-refractivity contribution is 5.53. The minimum Gasteiger partial charge on any atom is -0.476 e. The standard InChI is InChI=1S/C13H23N3O2/c1-4-18-13-11(14)5-6-12(16-13)15-10(8-17)7-9(2)3/h5-6,9-10,17H,4,7-8,14H2,1-3H3,(H,15,16). The van der Waals surface area contributed by atoms with Gasteiger partial charge < -0.3 is 20.9 Å². The second-order valence-electron chi connectivity index (χ2n) is 4.68. The summed E-state index contributed by atoms with van der Waals surface area (Å²) in [5.74, 6) is 1.62. The van der Waals surface area contributed by atoms with Gasteiger partial charge in [-0.15, -0.1) is 0 Å². The molecule has 0 fully saturated rings. The molecular weight excluding hydrogens is 230 g/mol. The molecule has 4 N–H and O–H groups in total. The molecule has 1 aromatic rings. The maximum Gasteiger partial charge on any atom is 0.239 e. The predicted octanol–water partition coefficient (Wildman–Crippen LogP) is 1.88. The lowest BCUT2D eigenvalue weighted by atomic mass is 10.0. The van der Waals surface area contributed by atoms with E-state index in [-0.39, 0.29) is 12.6 Å². The number of rotatable bonds is 7. The molecule has 0 spiro atoms. The number of aliphatic hydroxyl groups is 1. The first-order chi connectivity index (χ1) is 8.56. The molecule has 1 heterocycles. The van der Waals surface area contributed by atoms with E-state index in [1.807, 2.05) is 6.92 Å². The maximum absolute atomic E-state index is 9.32. The first kappa shape index (κ1) is 14.6. The molecule has 0 amide bonds. The molecule has 1 aromatic heterocycles. The van der Waals surface area contributed by atoms with Crippen LogP contribution in [-0.2, 0) is 0 Å². The van der Waals surface area contributed by atoms with Crippen LogP contribution in [0.25, 0.3) is 0 Å². The molecule has 0 aliphatic heterocycles. The normalized spacial score (nSPS) is 12.5. The van der Waals surface area contributed by atoms with Crippen molar-refractivity contribution in [2.45, 2.75) is 33.2 Å². The van der Waals surface area contributed by atoms with Crippen LogP contribution in [0.4, 0.5) is 11.5 Å². The van der Waals surface area contributed by atoms with Crippen molar-refractivity contribution in [1.29, 1.82) is 0 Å². The molecule has 0 aromatic carbocycles. The summed E-state index contributed by atoms with van der Waals surface area (Å²) in [5.41, 5.74) is 6.28. The molecule has 0 saturated carbocycles. The largest absolute Gasteiger partial charge is 0.476 e. The molecule has 0 saturated heterocycles. The van der Waals surface area contributed by atoms with E-state index in [0.717, 1.165) is 6.42 Å². The zero-order valence-electron chi connectivity index (χ0n) is 11.3. The lowest BCUT2D eigenvalue weighted by Gasteiger charge is -2.19. The summed E-state index contributed by atoms with van der Waals surface area (Å²) in [7, 11) is 0. The van der Waals surface area contributed by atoms with Gasteiger partial charge in [0.05, 0.1) is 24.9 Å². The Labute approximate surface area is 108 Å². The molecule has 0 bridgehead atoms. The Bertz CT molecular complexity index is 369. The second kappa shape index (κ2) is 7.06. The fourth-order valence-electron chi connectivity index (χ4n) is 1.74. The quantitative estimate of drug-likeness (QED) is 0.691. The minimum absolute atomic E-state index is 0.00407. The number of anilines is 2. The number of nitrogens with one attached hydrogen (secondary N) is 1. The van der Waals surface area contributed by atoms with Crippen LogP contribution in [0.15, 0.2) is 12.1 Å². The Balaban J connectivity index is 2.73. The van der Waals surface area contributed by atoms with Crippen LogP contribution in [-0.4, -0.2) is 29.3 Å². The Morgan fingerprint density at radius 1 is 1.44 bits per heavy atom. The van der Waals surface area contributed by atoms with E-state index < -0.39 is 0 Å². The van der Waals surface area contributed by atoms with Gasteiger partial charge in [-0.3, -0.25) is 0 Å². The Morgan fingerprint density at radius 2 is 2.17 bits per heavy atom. The fourth-order valence-corrected chi connectivity index (χ4v) is 1.74. The highest BCUT2D eigenvalue weighted by atomic mass is 16.5. The summed E-state index contributed by atoms with van der Waals surface area (Å²) in [6.07, 6.45) is 0.881. The number of hydrogen-bond acceptors (Lipinski definition) is 5. The van der Waals surface area contributed by atoms with Crippen molar-refractivity contribution in [3.63, 3.8) is 0 Å². The summed E-state index contributed by atoms with van der Waals surface area (Å²) >= 11 is 0. The number of pyridine rings is 1. The summed E-state index contributed by atoms with van der Waals surface area (Å²) in [4.78, 5) is 4.29. The van der Waals surface area contributed by atoms with E-state index in [0.29, 0.717) is 29.9 Å². The first-order valence-electron chi connectivity index (χ1n) is 6.33. The third-order valence-corrected chi connectivity index (χ3v) is 2.50. The topological polar surface area (TPSA) is 80.4 Å². The summed E-state index contributed by atoms with van der Waals surface area (Å²) in [6.45, 7) is 6.72. The molecule has 5 heteroatoms. The fraction of sp³-hybridized carbons (Fsp3) is 0.615. The molecule has 18 heavy (non-hydrogen) atoms. The van der Waals surface area contributed by atoms with Crippen molar-refractivity contribution in [1.82, 2.24) is 4.98 Å². The summed E-state index contributed by atoms with van der Waals surface area (Å²) < 4.78 is 5.33. The van der Waals surface area contributed by atoms with E-state index in [2.05, 4.69) is 24.1 Å². The van der Waals surface area contributed by atoms with Crippen LogP contribution in [0.5, 0.6) is 5.88 Å². The van der Waals surface area contributed by atoms with Crippen molar-refractivity contribution in [2.24, 2.45) is 5.92 Å². The average molecular weight is 253 g/mol.